The van der Waals surface area contributed by atoms with E-state index >= 15 is 0 Å². The average Bonchev–Trinajstić information content (AvgIpc) is 2.67. The summed E-state index contributed by atoms with van der Waals surface area (Å²) in [4.78, 5) is 29.8. The van der Waals surface area contributed by atoms with Crippen molar-refractivity contribution in [3.05, 3.63) is 46.2 Å². The van der Waals surface area contributed by atoms with E-state index in [1.54, 1.807) is 0 Å². The summed E-state index contributed by atoms with van der Waals surface area (Å²) in [6, 6.07) is 5.21. The lowest BCUT2D eigenvalue weighted by Gasteiger charge is -2.36. The predicted octanol–water partition coefficient (Wildman–Crippen LogP) is 1.72. The number of nitrogens with zero attached hydrogens (tertiary/aromatic N) is 2. The molecule has 1 aromatic carbocycles. The van der Waals surface area contributed by atoms with Crippen LogP contribution in [0.4, 0.5) is 4.79 Å². The fourth-order valence-corrected chi connectivity index (χ4v) is 3.96. The maximum atomic E-state index is 12.7. The molecular weight excluding hydrogens is 356 g/mol. The molecule has 2 aliphatic rings. The van der Waals surface area contributed by atoms with Crippen molar-refractivity contribution in [1.29, 1.82) is 0 Å². The van der Waals surface area contributed by atoms with E-state index in [2.05, 4.69) is 33.4 Å². The molecule has 2 heterocycles. The van der Waals surface area contributed by atoms with Gasteiger partial charge in [0.05, 0.1) is 18.7 Å². The fraction of sp³-hybridized carbons (Fsp3) is 0.524. The highest BCUT2D eigenvalue weighted by Crippen LogP contribution is 2.30. The van der Waals surface area contributed by atoms with Gasteiger partial charge in [-0.2, -0.15) is 0 Å². The Kier molecular flexibility index (Phi) is 6.36. The van der Waals surface area contributed by atoms with Gasteiger partial charge in [-0.1, -0.05) is 30.7 Å². The molecule has 0 unspecified atom stereocenters. The number of ether oxygens (including phenoxy) is 1. The van der Waals surface area contributed by atoms with Crippen LogP contribution in [0.2, 0.25) is 0 Å². The Hall–Kier alpha value is -2.38. The monoisotopic (exact) mass is 386 g/mol. The molecule has 1 aromatic rings. The summed E-state index contributed by atoms with van der Waals surface area (Å²) in [5.74, 6) is -0.417. The molecule has 152 valence electrons. The van der Waals surface area contributed by atoms with E-state index in [-0.39, 0.29) is 6.03 Å². The Balaban J connectivity index is 1.94. The Labute approximate surface area is 166 Å². The zero-order valence-corrected chi connectivity index (χ0v) is 17.2. The Morgan fingerprint density at radius 3 is 2.46 bits per heavy atom. The van der Waals surface area contributed by atoms with Crippen molar-refractivity contribution in [2.24, 2.45) is 0 Å². The first-order valence-electron chi connectivity index (χ1n) is 9.83. The zero-order chi connectivity index (χ0) is 20.3. The topological polar surface area (TPSA) is 73.9 Å². The van der Waals surface area contributed by atoms with Crippen LogP contribution in [0, 0.1) is 13.8 Å². The molecule has 0 radical (unpaired) electrons. The summed E-state index contributed by atoms with van der Waals surface area (Å²) in [6.07, 6.45) is 0. The number of carbonyl (C=O) groups is 2. The van der Waals surface area contributed by atoms with Gasteiger partial charge in [-0.15, -0.1) is 0 Å². The second-order valence-corrected chi connectivity index (χ2v) is 7.49. The quantitative estimate of drug-likeness (QED) is 0.754. The largest absolute Gasteiger partial charge is 0.466 e. The van der Waals surface area contributed by atoms with E-state index in [0.717, 1.165) is 49.4 Å². The van der Waals surface area contributed by atoms with Gasteiger partial charge in [0.25, 0.3) is 0 Å². The van der Waals surface area contributed by atoms with E-state index < -0.39 is 12.0 Å². The third-order valence-corrected chi connectivity index (χ3v) is 5.59. The van der Waals surface area contributed by atoms with Crippen molar-refractivity contribution in [3.8, 4) is 0 Å². The number of methoxy groups -OCH3 is 1. The molecule has 7 nitrogen and oxygen atoms in total. The van der Waals surface area contributed by atoms with Gasteiger partial charge in [0.1, 0.15) is 0 Å². The van der Waals surface area contributed by atoms with Gasteiger partial charge in [-0.3, -0.25) is 4.90 Å². The average molecular weight is 386 g/mol. The first-order valence-corrected chi connectivity index (χ1v) is 9.83. The maximum absolute atomic E-state index is 12.7. The highest BCUT2D eigenvalue weighted by molar-refractivity contribution is 5.95. The molecule has 1 fully saturated rings. The van der Waals surface area contributed by atoms with Crippen LogP contribution in [-0.2, 0) is 9.53 Å². The molecular formula is C21H30N4O3. The number of rotatable bonds is 5. The molecule has 0 aliphatic carbocycles. The molecule has 1 atom stereocenters. The number of piperazine rings is 1. The highest BCUT2D eigenvalue weighted by Gasteiger charge is 2.35. The van der Waals surface area contributed by atoms with Gasteiger partial charge >= 0.3 is 12.0 Å². The van der Waals surface area contributed by atoms with E-state index in [0.29, 0.717) is 17.8 Å². The molecule has 2 amide bonds. The Morgan fingerprint density at radius 1 is 1.18 bits per heavy atom. The van der Waals surface area contributed by atoms with Crippen LogP contribution in [0.15, 0.2) is 29.5 Å². The summed E-state index contributed by atoms with van der Waals surface area (Å²) in [6.45, 7) is 11.5. The summed E-state index contributed by atoms with van der Waals surface area (Å²) in [5, 5.41) is 5.76. The van der Waals surface area contributed by atoms with Crippen LogP contribution >= 0.6 is 0 Å². The highest BCUT2D eigenvalue weighted by atomic mass is 16.5. The number of hydrogen-bond acceptors (Lipinski definition) is 5. The van der Waals surface area contributed by atoms with Crippen LogP contribution in [0.1, 0.15) is 29.7 Å². The summed E-state index contributed by atoms with van der Waals surface area (Å²) >= 11 is 0. The molecule has 0 saturated carbocycles. The smallest absolute Gasteiger partial charge is 0.338 e. The number of hydrogen-bond donors (Lipinski definition) is 2. The molecule has 28 heavy (non-hydrogen) atoms. The van der Waals surface area contributed by atoms with Crippen LogP contribution in [0.3, 0.4) is 0 Å². The molecule has 1 saturated heterocycles. The Bertz CT molecular complexity index is 782. The minimum absolute atomic E-state index is 0.292. The second kappa shape index (κ2) is 8.75. The molecule has 7 heteroatoms. The molecule has 0 aromatic heterocycles. The number of urea groups is 1. The van der Waals surface area contributed by atoms with Gasteiger partial charge in [0.2, 0.25) is 0 Å². The lowest BCUT2D eigenvalue weighted by molar-refractivity contribution is -0.136. The van der Waals surface area contributed by atoms with Crippen molar-refractivity contribution in [2.45, 2.75) is 26.8 Å². The number of likely N-dealkylation sites (N-methyl/N-ethyl adjacent to an activating group) is 1. The van der Waals surface area contributed by atoms with Crippen molar-refractivity contribution >= 4 is 12.0 Å². The number of esters is 1. The van der Waals surface area contributed by atoms with Crippen LogP contribution in [-0.4, -0.2) is 68.2 Å². The zero-order valence-electron chi connectivity index (χ0n) is 17.2. The summed E-state index contributed by atoms with van der Waals surface area (Å²) in [5.41, 5.74) is 4.19. The normalized spacial score (nSPS) is 21.3. The summed E-state index contributed by atoms with van der Waals surface area (Å²) < 4.78 is 5.08. The van der Waals surface area contributed by atoms with Crippen molar-refractivity contribution in [3.63, 3.8) is 0 Å². The van der Waals surface area contributed by atoms with Gasteiger partial charge in [-0.25, -0.2) is 9.59 Å². The van der Waals surface area contributed by atoms with Gasteiger partial charge < -0.3 is 20.3 Å². The van der Waals surface area contributed by atoms with E-state index in [1.807, 2.05) is 26.0 Å². The van der Waals surface area contributed by atoms with Crippen LogP contribution in [0.5, 0.6) is 0 Å². The van der Waals surface area contributed by atoms with Crippen molar-refractivity contribution in [1.82, 2.24) is 20.4 Å². The van der Waals surface area contributed by atoms with E-state index in [9.17, 15) is 9.59 Å². The standard InChI is InChI=1S/C21H30N4O3/c1-5-24-8-10-25(11-9-24)13-17-18(20(26)28-4)19(23-21(27)22-17)16-7-6-14(2)12-15(16)3/h6-7,12,19H,5,8-11,13H2,1-4H3,(H2,22,23,27)/t19-/m1/s1. The maximum Gasteiger partial charge on any atom is 0.338 e. The van der Waals surface area contributed by atoms with E-state index in [4.69, 9.17) is 4.74 Å². The molecule has 0 bridgehead atoms. The number of benzene rings is 1. The molecule has 0 spiro atoms. The summed E-state index contributed by atoms with van der Waals surface area (Å²) in [7, 11) is 1.38. The minimum Gasteiger partial charge on any atom is -0.466 e. The van der Waals surface area contributed by atoms with Gasteiger partial charge in [0, 0.05) is 38.4 Å². The third-order valence-electron chi connectivity index (χ3n) is 5.59. The minimum atomic E-state index is -0.520. The first kappa shape index (κ1) is 20.4. The van der Waals surface area contributed by atoms with Crippen molar-refractivity contribution in [2.75, 3.05) is 46.4 Å². The molecule has 3 rings (SSSR count). The predicted molar refractivity (Wildman–Crippen MR) is 108 cm³/mol. The molecule has 2 N–H and O–H groups in total. The third kappa shape index (κ3) is 4.36. The lowest BCUT2D eigenvalue weighted by Crippen LogP contribution is -2.51. The number of aryl methyl sites for hydroxylation is 2. The van der Waals surface area contributed by atoms with Crippen LogP contribution < -0.4 is 10.6 Å². The van der Waals surface area contributed by atoms with Gasteiger partial charge in [-0.05, 0) is 31.5 Å². The first-order chi connectivity index (χ1) is 13.4. The SMILES string of the molecule is CCN1CCN(CC2=C(C(=O)OC)[C@@H](c3ccc(C)cc3C)NC(=O)N2)CC1. The number of nitrogens with one attached hydrogen (secondary N) is 2. The second-order valence-electron chi connectivity index (χ2n) is 7.49. The lowest BCUT2D eigenvalue weighted by atomic mass is 9.91. The van der Waals surface area contributed by atoms with E-state index in [1.165, 1.54) is 7.11 Å². The van der Waals surface area contributed by atoms with Crippen LogP contribution in [0.25, 0.3) is 0 Å². The number of carbonyl (C=O) groups excluding carboxylic acids is 2. The van der Waals surface area contributed by atoms with Gasteiger partial charge in [0.15, 0.2) is 0 Å². The number of amides is 2. The Morgan fingerprint density at radius 2 is 1.86 bits per heavy atom. The molecule has 2 aliphatic heterocycles. The van der Waals surface area contributed by atoms with Crippen molar-refractivity contribution < 1.29 is 14.3 Å². The fourth-order valence-electron chi connectivity index (χ4n) is 3.96.